The van der Waals surface area contributed by atoms with Gasteiger partial charge in [-0.2, -0.15) is 0 Å². The molecule has 0 aliphatic heterocycles. The van der Waals surface area contributed by atoms with E-state index >= 15 is 0 Å². The van der Waals surface area contributed by atoms with Crippen molar-refractivity contribution >= 4 is 5.95 Å². The molecule has 1 aliphatic carbocycles. The summed E-state index contributed by atoms with van der Waals surface area (Å²) >= 11 is 0. The molecule has 0 bridgehead atoms. The van der Waals surface area contributed by atoms with Gasteiger partial charge in [0, 0.05) is 17.9 Å². The van der Waals surface area contributed by atoms with E-state index in [9.17, 15) is 0 Å². The van der Waals surface area contributed by atoms with Crippen LogP contribution in [-0.4, -0.2) is 15.6 Å². The van der Waals surface area contributed by atoms with E-state index in [2.05, 4.69) is 59.2 Å². The lowest BCUT2D eigenvalue weighted by molar-refractivity contribution is 0.348. The van der Waals surface area contributed by atoms with Crippen LogP contribution in [0.3, 0.4) is 0 Å². The fraction of sp³-hybridized carbons (Fsp3) is 0.471. The first-order valence-corrected chi connectivity index (χ1v) is 7.44. The Labute approximate surface area is 121 Å². The first-order chi connectivity index (χ1) is 9.56. The van der Waals surface area contributed by atoms with Gasteiger partial charge in [0.1, 0.15) is 0 Å². The van der Waals surface area contributed by atoms with Gasteiger partial charge in [0.25, 0.3) is 0 Å². The Bertz CT molecular complexity index is 584. The summed E-state index contributed by atoms with van der Waals surface area (Å²) < 4.78 is 2.16. The van der Waals surface area contributed by atoms with E-state index in [-0.39, 0.29) is 0 Å². The maximum Gasteiger partial charge on any atom is 0.207 e. The zero-order valence-corrected chi connectivity index (χ0v) is 12.6. The average Bonchev–Trinajstić information content (AvgIpc) is 2.94. The number of hydrogen-bond donors (Lipinski definition) is 1. The molecular weight excluding hydrogens is 246 g/mol. The number of imidazole rings is 1. The number of para-hydroxylation sites is 1. The summed E-state index contributed by atoms with van der Waals surface area (Å²) in [5.41, 5.74) is 2.56. The standard InChI is InChI=1S/C17H23N3/c1-13-12-20(14-8-5-4-6-9-14)16(18-13)19-15-10-7-11-17(15,2)3/h4-6,8-9,12,15H,7,10-11H2,1-3H3,(H,18,19). The van der Waals surface area contributed by atoms with Gasteiger partial charge in [0.2, 0.25) is 5.95 Å². The molecule has 1 aromatic heterocycles. The number of hydrogen-bond acceptors (Lipinski definition) is 2. The Morgan fingerprint density at radius 3 is 2.65 bits per heavy atom. The fourth-order valence-corrected chi connectivity index (χ4v) is 3.14. The van der Waals surface area contributed by atoms with E-state index in [1.807, 2.05) is 13.0 Å². The number of nitrogens with one attached hydrogen (secondary N) is 1. The molecule has 20 heavy (non-hydrogen) atoms. The van der Waals surface area contributed by atoms with Crippen LogP contribution in [0.2, 0.25) is 0 Å². The lowest BCUT2D eigenvalue weighted by Gasteiger charge is -2.28. The maximum absolute atomic E-state index is 4.67. The molecule has 3 rings (SSSR count). The quantitative estimate of drug-likeness (QED) is 0.906. The SMILES string of the molecule is Cc1cn(-c2ccccc2)c(NC2CCCC2(C)C)n1. The molecule has 106 valence electrons. The van der Waals surface area contributed by atoms with Gasteiger partial charge in [0.05, 0.1) is 5.69 Å². The monoisotopic (exact) mass is 269 g/mol. The van der Waals surface area contributed by atoms with Crippen molar-refractivity contribution in [1.82, 2.24) is 9.55 Å². The van der Waals surface area contributed by atoms with E-state index in [1.54, 1.807) is 0 Å². The molecule has 1 unspecified atom stereocenters. The molecule has 0 spiro atoms. The Hall–Kier alpha value is -1.77. The fourth-order valence-electron chi connectivity index (χ4n) is 3.14. The Kier molecular flexibility index (Phi) is 3.28. The van der Waals surface area contributed by atoms with E-state index in [0.29, 0.717) is 11.5 Å². The highest BCUT2D eigenvalue weighted by atomic mass is 15.2. The second kappa shape index (κ2) is 4.97. The minimum atomic E-state index is 0.349. The molecule has 3 heteroatoms. The molecule has 3 nitrogen and oxygen atoms in total. The number of nitrogens with zero attached hydrogens (tertiary/aromatic N) is 2. The number of aromatic nitrogens is 2. The van der Waals surface area contributed by atoms with Crippen LogP contribution in [0, 0.1) is 12.3 Å². The van der Waals surface area contributed by atoms with Crippen molar-refractivity contribution < 1.29 is 0 Å². The lowest BCUT2D eigenvalue weighted by Crippen LogP contribution is -2.31. The molecule has 1 fully saturated rings. The average molecular weight is 269 g/mol. The van der Waals surface area contributed by atoms with Gasteiger partial charge >= 0.3 is 0 Å². The van der Waals surface area contributed by atoms with Crippen LogP contribution in [0.4, 0.5) is 5.95 Å². The highest BCUT2D eigenvalue weighted by Gasteiger charge is 2.35. The van der Waals surface area contributed by atoms with E-state index in [0.717, 1.165) is 17.3 Å². The van der Waals surface area contributed by atoms with Crippen molar-refractivity contribution in [2.24, 2.45) is 5.41 Å². The van der Waals surface area contributed by atoms with Crippen molar-refractivity contribution in [1.29, 1.82) is 0 Å². The normalized spacial score (nSPS) is 21.1. The van der Waals surface area contributed by atoms with Gasteiger partial charge < -0.3 is 5.32 Å². The van der Waals surface area contributed by atoms with Crippen LogP contribution in [0.1, 0.15) is 38.8 Å². The second-order valence-corrected chi connectivity index (χ2v) is 6.49. The van der Waals surface area contributed by atoms with Gasteiger partial charge in [-0.15, -0.1) is 0 Å². The Morgan fingerprint density at radius 2 is 2.00 bits per heavy atom. The molecule has 1 heterocycles. The topological polar surface area (TPSA) is 29.9 Å². The first-order valence-electron chi connectivity index (χ1n) is 7.44. The zero-order valence-electron chi connectivity index (χ0n) is 12.6. The number of rotatable bonds is 3. The minimum absolute atomic E-state index is 0.349. The molecule has 0 radical (unpaired) electrons. The van der Waals surface area contributed by atoms with Gasteiger partial charge in [0.15, 0.2) is 0 Å². The predicted octanol–water partition coefficient (Wildman–Crippen LogP) is 4.17. The van der Waals surface area contributed by atoms with Crippen molar-refractivity contribution in [2.45, 2.75) is 46.1 Å². The molecule has 1 aliphatic rings. The smallest absolute Gasteiger partial charge is 0.207 e. The lowest BCUT2D eigenvalue weighted by atomic mass is 9.87. The van der Waals surface area contributed by atoms with Gasteiger partial charge in [-0.1, -0.05) is 38.5 Å². The molecular formula is C17H23N3. The van der Waals surface area contributed by atoms with Gasteiger partial charge in [-0.25, -0.2) is 4.98 Å². The number of benzene rings is 1. The summed E-state index contributed by atoms with van der Waals surface area (Å²) in [6, 6.07) is 10.9. The summed E-state index contributed by atoms with van der Waals surface area (Å²) in [6.45, 7) is 6.74. The number of anilines is 1. The maximum atomic E-state index is 4.67. The minimum Gasteiger partial charge on any atom is -0.352 e. The zero-order chi connectivity index (χ0) is 14.2. The van der Waals surface area contributed by atoms with Crippen LogP contribution < -0.4 is 5.32 Å². The summed E-state index contributed by atoms with van der Waals surface area (Å²) in [7, 11) is 0. The van der Waals surface area contributed by atoms with Gasteiger partial charge in [-0.05, 0) is 37.3 Å². The highest BCUT2D eigenvalue weighted by molar-refractivity contribution is 5.43. The molecule has 0 amide bonds. The number of aryl methyl sites for hydroxylation is 1. The van der Waals surface area contributed by atoms with Crippen LogP contribution in [0.25, 0.3) is 5.69 Å². The van der Waals surface area contributed by atoms with Crippen molar-refractivity contribution in [3.05, 3.63) is 42.2 Å². The third-order valence-electron chi connectivity index (χ3n) is 4.42. The summed E-state index contributed by atoms with van der Waals surface area (Å²) in [5, 5.41) is 3.67. The molecule has 1 saturated carbocycles. The largest absolute Gasteiger partial charge is 0.352 e. The Balaban J connectivity index is 1.91. The predicted molar refractivity (Wildman–Crippen MR) is 83.3 cm³/mol. The third kappa shape index (κ3) is 2.45. The summed E-state index contributed by atoms with van der Waals surface area (Å²) in [5.74, 6) is 0.966. The van der Waals surface area contributed by atoms with E-state index in [1.165, 1.54) is 19.3 Å². The molecule has 0 saturated heterocycles. The molecule has 1 aromatic carbocycles. The van der Waals surface area contributed by atoms with Gasteiger partial charge in [-0.3, -0.25) is 4.57 Å². The summed E-state index contributed by atoms with van der Waals surface area (Å²) in [6.07, 6.45) is 5.92. The van der Waals surface area contributed by atoms with Crippen LogP contribution in [-0.2, 0) is 0 Å². The van der Waals surface area contributed by atoms with Crippen molar-refractivity contribution in [3.8, 4) is 5.69 Å². The molecule has 1 N–H and O–H groups in total. The van der Waals surface area contributed by atoms with E-state index in [4.69, 9.17) is 0 Å². The van der Waals surface area contributed by atoms with Crippen molar-refractivity contribution in [3.63, 3.8) is 0 Å². The van der Waals surface area contributed by atoms with Crippen LogP contribution in [0.15, 0.2) is 36.5 Å². The van der Waals surface area contributed by atoms with E-state index < -0.39 is 0 Å². The second-order valence-electron chi connectivity index (χ2n) is 6.49. The Morgan fingerprint density at radius 1 is 1.25 bits per heavy atom. The molecule has 2 aromatic rings. The highest BCUT2D eigenvalue weighted by Crippen LogP contribution is 2.39. The first kappa shape index (κ1) is 13.2. The van der Waals surface area contributed by atoms with Crippen molar-refractivity contribution in [2.75, 3.05) is 5.32 Å². The van der Waals surface area contributed by atoms with Crippen LogP contribution in [0.5, 0.6) is 0 Å². The third-order valence-corrected chi connectivity index (χ3v) is 4.42. The van der Waals surface area contributed by atoms with Crippen LogP contribution >= 0.6 is 0 Å². The summed E-state index contributed by atoms with van der Waals surface area (Å²) in [4.78, 5) is 4.67. The molecule has 1 atom stereocenters.